The molecule has 8 heteroatoms. The molecule has 0 saturated heterocycles. The number of amides is 3. The summed E-state index contributed by atoms with van der Waals surface area (Å²) in [5.41, 5.74) is 7.89. The fourth-order valence-electron chi connectivity index (χ4n) is 5.42. The first kappa shape index (κ1) is 25.3. The van der Waals surface area contributed by atoms with Crippen LogP contribution in [0.15, 0.2) is 59.6 Å². The zero-order valence-electron chi connectivity index (χ0n) is 20.2. The highest BCUT2D eigenvalue weighted by atomic mass is 127. The topological polar surface area (TPSA) is 105 Å². The number of hydrogen-bond donors (Lipinski definition) is 2. The number of carbonyl (C=O) groups is 3. The molecule has 3 amide bonds. The van der Waals surface area contributed by atoms with Crippen molar-refractivity contribution in [1.82, 2.24) is 5.32 Å². The number of carbonyl (C=O) groups excluding carboxylic acids is 3. The molecule has 0 spiro atoms. The third kappa shape index (κ3) is 4.60. The Labute approximate surface area is 219 Å². The van der Waals surface area contributed by atoms with Gasteiger partial charge in [0.25, 0.3) is 5.91 Å². The van der Waals surface area contributed by atoms with Crippen LogP contribution in [0.5, 0.6) is 0 Å². The van der Waals surface area contributed by atoms with Crippen molar-refractivity contribution >= 4 is 51.7 Å². The van der Waals surface area contributed by atoms with Crippen LogP contribution in [0.1, 0.15) is 37.8 Å². The SMILES string of the molecule is CC(C)C1C[C@@]1(C(=O)NC1N=C(c2ccccc2)c2ccccc2N(C)C1=O)[C@H](CCI)C(N)=O. The standard InChI is InChI=1S/C27H31IN4O3/c1-16(2)20-15-27(20,19(13-14-28)23(29)33)26(35)31-24-25(34)32(3)21-12-8-7-11-18(21)22(30-24)17-9-5-4-6-10-17/h4-12,16,19-20,24H,13-15H2,1-3H3,(H2,29,33)(H,31,35)/t19-,20?,24?,27-/m1/s1. The Morgan fingerprint density at radius 3 is 2.43 bits per heavy atom. The molecular weight excluding hydrogens is 555 g/mol. The fourth-order valence-corrected chi connectivity index (χ4v) is 6.04. The molecule has 2 unspecified atom stereocenters. The molecule has 0 aromatic heterocycles. The minimum atomic E-state index is -1.12. The molecule has 2 aliphatic rings. The van der Waals surface area contributed by atoms with Gasteiger partial charge >= 0.3 is 0 Å². The number of nitrogens with zero attached hydrogens (tertiary/aromatic N) is 2. The van der Waals surface area contributed by atoms with Gasteiger partial charge in [0.05, 0.1) is 22.7 Å². The smallest absolute Gasteiger partial charge is 0.272 e. The Morgan fingerprint density at radius 1 is 1.17 bits per heavy atom. The second-order valence-electron chi connectivity index (χ2n) is 9.66. The van der Waals surface area contributed by atoms with E-state index in [0.717, 1.165) is 16.8 Å². The van der Waals surface area contributed by atoms with Crippen LogP contribution in [0.4, 0.5) is 5.69 Å². The van der Waals surface area contributed by atoms with Crippen molar-refractivity contribution in [3.05, 3.63) is 65.7 Å². The summed E-state index contributed by atoms with van der Waals surface area (Å²) in [6, 6.07) is 17.2. The number of halogens is 1. The quantitative estimate of drug-likeness (QED) is 0.365. The summed E-state index contributed by atoms with van der Waals surface area (Å²) in [7, 11) is 1.69. The average molecular weight is 586 g/mol. The predicted octanol–water partition coefficient (Wildman–Crippen LogP) is 3.53. The lowest BCUT2D eigenvalue weighted by Gasteiger charge is -2.28. The molecule has 2 aromatic carbocycles. The summed E-state index contributed by atoms with van der Waals surface area (Å²) in [6.45, 7) is 4.10. The number of likely N-dealkylation sites (N-methyl/N-ethyl adjacent to an activating group) is 1. The minimum Gasteiger partial charge on any atom is -0.369 e. The summed E-state index contributed by atoms with van der Waals surface area (Å²) >= 11 is 2.21. The van der Waals surface area contributed by atoms with Gasteiger partial charge in [-0.25, -0.2) is 4.99 Å². The van der Waals surface area contributed by atoms with E-state index >= 15 is 0 Å². The Hall–Kier alpha value is -2.75. The van der Waals surface area contributed by atoms with Gasteiger partial charge in [-0.2, -0.15) is 0 Å². The maximum Gasteiger partial charge on any atom is 0.272 e. The molecule has 1 heterocycles. The number of anilines is 1. The van der Waals surface area contributed by atoms with Crippen molar-refractivity contribution in [2.75, 3.05) is 16.4 Å². The fraction of sp³-hybridized carbons (Fsp3) is 0.407. The van der Waals surface area contributed by atoms with Crippen LogP contribution >= 0.6 is 22.6 Å². The first-order valence-corrected chi connectivity index (χ1v) is 13.4. The average Bonchev–Trinajstić information content (AvgIpc) is 3.62. The van der Waals surface area contributed by atoms with Gasteiger partial charge in [0, 0.05) is 22.6 Å². The van der Waals surface area contributed by atoms with Crippen LogP contribution in [0.2, 0.25) is 0 Å². The zero-order chi connectivity index (χ0) is 25.3. The molecule has 184 valence electrons. The van der Waals surface area contributed by atoms with E-state index in [2.05, 4.69) is 41.8 Å². The molecule has 1 fully saturated rings. The third-order valence-corrected chi connectivity index (χ3v) is 7.93. The van der Waals surface area contributed by atoms with Crippen molar-refractivity contribution in [3.8, 4) is 0 Å². The number of benzene rings is 2. The number of benzodiazepines with no additional fused rings is 1. The molecule has 0 bridgehead atoms. The van der Waals surface area contributed by atoms with Crippen LogP contribution in [-0.2, 0) is 14.4 Å². The normalized spacial score (nSPS) is 24.3. The predicted molar refractivity (Wildman–Crippen MR) is 145 cm³/mol. The van der Waals surface area contributed by atoms with E-state index in [1.807, 2.05) is 54.6 Å². The Bertz CT molecular complexity index is 1170. The largest absolute Gasteiger partial charge is 0.369 e. The van der Waals surface area contributed by atoms with Gasteiger partial charge in [-0.15, -0.1) is 0 Å². The van der Waals surface area contributed by atoms with Crippen molar-refractivity contribution in [2.45, 2.75) is 32.9 Å². The van der Waals surface area contributed by atoms with Crippen molar-refractivity contribution in [2.24, 2.45) is 33.9 Å². The second kappa shape index (κ2) is 10.1. The number of primary amides is 1. The van der Waals surface area contributed by atoms with Crippen LogP contribution in [0, 0.1) is 23.2 Å². The molecule has 4 rings (SSSR count). The lowest BCUT2D eigenvalue weighted by molar-refractivity contribution is -0.137. The maximum atomic E-state index is 13.9. The first-order valence-electron chi connectivity index (χ1n) is 11.9. The molecule has 35 heavy (non-hydrogen) atoms. The van der Waals surface area contributed by atoms with E-state index in [1.54, 1.807) is 7.05 Å². The van der Waals surface area contributed by atoms with Gasteiger partial charge in [0.15, 0.2) is 0 Å². The number of nitrogens with one attached hydrogen (secondary N) is 1. The molecular formula is C27H31IN4O3. The molecule has 7 nitrogen and oxygen atoms in total. The highest BCUT2D eigenvalue weighted by Crippen LogP contribution is 2.62. The number of para-hydroxylation sites is 1. The lowest BCUT2D eigenvalue weighted by atomic mass is 9.81. The third-order valence-electron chi connectivity index (χ3n) is 7.31. The summed E-state index contributed by atoms with van der Waals surface area (Å²) < 4.78 is 0.710. The summed E-state index contributed by atoms with van der Waals surface area (Å²) in [5.74, 6) is -1.48. The van der Waals surface area contributed by atoms with E-state index in [0.29, 0.717) is 23.0 Å². The molecule has 4 atom stereocenters. The molecule has 0 radical (unpaired) electrons. The van der Waals surface area contributed by atoms with E-state index in [-0.39, 0.29) is 23.7 Å². The van der Waals surface area contributed by atoms with E-state index in [4.69, 9.17) is 10.7 Å². The highest BCUT2D eigenvalue weighted by Gasteiger charge is 2.66. The van der Waals surface area contributed by atoms with Crippen LogP contribution in [-0.4, -0.2) is 41.1 Å². The number of alkyl halides is 1. The Morgan fingerprint density at radius 2 is 1.83 bits per heavy atom. The number of aliphatic imine (C=N–C) groups is 1. The summed E-state index contributed by atoms with van der Waals surface area (Å²) in [6.07, 6.45) is -0.0179. The number of rotatable bonds is 8. The van der Waals surface area contributed by atoms with Crippen LogP contribution < -0.4 is 16.0 Å². The molecule has 1 aliphatic carbocycles. The first-order chi connectivity index (χ1) is 16.7. The molecule has 3 N–H and O–H groups in total. The monoisotopic (exact) mass is 586 g/mol. The van der Waals surface area contributed by atoms with Gasteiger partial charge in [-0.05, 0) is 30.7 Å². The van der Waals surface area contributed by atoms with Crippen LogP contribution in [0.25, 0.3) is 0 Å². The number of fused-ring (bicyclic) bond motifs is 1. The highest BCUT2D eigenvalue weighted by molar-refractivity contribution is 14.1. The second-order valence-corrected chi connectivity index (χ2v) is 10.7. The van der Waals surface area contributed by atoms with Gasteiger partial charge < -0.3 is 16.0 Å². The summed E-state index contributed by atoms with van der Waals surface area (Å²) in [4.78, 5) is 46.1. The Kier molecular flexibility index (Phi) is 7.30. The van der Waals surface area contributed by atoms with E-state index < -0.39 is 23.4 Å². The molecule has 2 aromatic rings. The van der Waals surface area contributed by atoms with Crippen molar-refractivity contribution in [3.63, 3.8) is 0 Å². The molecule has 1 saturated carbocycles. The van der Waals surface area contributed by atoms with Crippen molar-refractivity contribution < 1.29 is 14.4 Å². The Balaban J connectivity index is 1.75. The molecule has 1 aliphatic heterocycles. The lowest BCUT2D eigenvalue weighted by Crippen LogP contribution is -2.51. The zero-order valence-corrected chi connectivity index (χ0v) is 22.4. The maximum absolute atomic E-state index is 13.9. The van der Waals surface area contributed by atoms with Gasteiger partial charge in [-0.3, -0.25) is 14.4 Å². The van der Waals surface area contributed by atoms with Gasteiger partial charge in [0.2, 0.25) is 18.0 Å². The van der Waals surface area contributed by atoms with E-state index in [9.17, 15) is 14.4 Å². The van der Waals surface area contributed by atoms with Gasteiger partial charge in [0.1, 0.15) is 0 Å². The van der Waals surface area contributed by atoms with Gasteiger partial charge in [-0.1, -0.05) is 85.0 Å². The number of hydrogen-bond acceptors (Lipinski definition) is 4. The van der Waals surface area contributed by atoms with Crippen molar-refractivity contribution in [1.29, 1.82) is 0 Å². The van der Waals surface area contributed by atoms with Crippen LogP contribution in [0.3, 0.4) is 0 Å². The minimum absolute atomic E-state index is 0.0244. The summed E-state index contributed by atoms with van der Waals surface area (Å²) in [5, 5.41) is 2.93. The van der Waals surface area contributed by atoms with E-state index in [1.165, 1.54) is 4.90 Å². The number of nitrogens with two attached hydrogens (primary N) is 1.